The summed E-state index contributed by atoms with van der Waals surface area (Å²) in [5.41, 5.74) is 2.31. The fraction of sp³-hybridized carbons (Fsp3) is 0.391. The van der Waals surface area contributed by atoms with Crippen LogP contribution in [0.5, 0.6) is 5.75 Å². The van der Waals surface area contributed by atoms with E-state index in [-0.39, 0.29) is 17.9 Å². The van der Waals surface area contributed by atoms with Crippen molar-refractivity contribution in [1.29, 1.82) is 0 Å². The van der Waals surface area contributed by atoms with Crippen molar-refractivity contribution >= 4 is 11.8 Å². The fourth-order valence-corrected chi connectivity index (χ4v) is 4.30. The Hall–Kier alpha value is -2.66. The minimum Gasteiger partial charge on any atom is -0.497 e. The fourth-order valence-electron chi connectivity index (χ4n) is 4.30. The predicted octanol–water partition coefficient (Wildman–Crippen LogP) is 3.20. The van der Waals surface area contributed by atoms with Crippen LogP contribution in [0.25, 0.3) is 0 Å². The van der Waals surface area contributed by atoms with Crippen molar-refractivity contribution in [2.24, 2.45) is 0 Å². The molecule has 0 unspecified atom stereocenters. The Labute approximate surface area is 165 Å². The molecule has 0 aromatic heterocycles. The zero-order valence-electron chi connectivity index (χ0n) is 16.2. The number of imide groups is 1. The van der Waals surface area contributed by atoms with Crippen LogP contribution in [0.4, 0.5) is 0 Å². The molecule has 5 heteroatoms. The normalized spacial score (nSPS) is 21.3. The molecule has 28 heavy (non-hydrogen) atoms. The van der Waals surface area contributed by atoms with Crippen LogP contribution in [0, 0.1) is 0 Å². The Morgan fingerprint density at radius 2 is 1.64 bits per heavy atom. The number of nitrogens with zero attached hydrogens (tertiary/aromatic N) is 2. The second-order valence-corrected chi connectivity index (χ2v) is 7.61. The third-order valence-corrected chi connectivity index (χ3v) is 5.96. The maximum atomic E-state index is 12.9. The van der Waals surface area contributed by atoms with E-state index in [4.69, 9.17) is 4.74 Å². The molecule has 2 aliphatic heterocycles. The summed E-state index contributed by atoms with van der Waals surface area (Å²) in [5.74, 6) is 1.18. The van der Waals surface area contributed by atoms with Gasteiger partial charge in [0.05, 0.1) is 26.1 Å². The quantitative estimate of drug-likeness (QED) is 0.750. The van der Waals surface area contributed by atoms with Crippen molar-refractivity contribution in [3.63, 3.8) is 0 Å². The number of carbonyl (C=O) groups is 2. The highest BCUT2D eigenvalue weighted by molar-refractivity contribution is 6.05. The molecule has 2 aliphatic rings. The SMILES string of the molecule is COc1ccc(CN2C(=O)C[C@H](N3CCC(c4ccccc4)CC3)C2=O)cc1. The number of likely N-dealkylation sites (tertiary alicyclic amines) is 2. The van der Waals surface area contributed by atoms with Crippen molar-refractivity contribution in [2.45, 2.75) is 37.8 Å². The van der Waals surface area contributed by atoms with E-state index in [1.54, 1.807) is 7.11 Å². The number of amides is 2. The van der Waals surface area contributed by atoms with Gasteiger partial charge in [-0.2, -0.15) is 0 Å². The molecule has 2 aromatic carbocycles. The van der Waals surface area contributed by atoms with Gasteiger partial charge in [0.25, 0.3) is 0 Å². The molecule has 5 nitrogen and oxygen atoms in total. The summed E-state index contributed by atoms with van der Waals surface area (Å²) < 4.78 is 5.16. The molecule has 0 N–H and O–H groups in total. The van der Waals surface area contributed by atoms with Crippen molar-refractivity contribution < 1.29 is 14.3 Å². The summed E-state index contributed by atoms with van der Waals surface area (Å²) in [6.45, 7) is 2.05. The van der Waals surface area contributed by atoms with E-state index in [1.807, 2.05) is 30.3 Å². The summed E-state index contributed by atoms with van der Waals surface area (Å²) in [6.07, 6.45) is 2.35. The smallest absolute Gasteiger partial charge is 0.247 e. The van der Waals surface area contributed by atoms with Gasteiger partial charge in [-0.15, -0.1) is 0 Å². The van der Waals surface area contributed by atoms with Gasteiger partial charge in [0.15, 0.2) is 0 Å². The monoisotopic (exact) mass is 378 g/mol. The van der Waals surface area contributed by atoms with Gasteiger partial charge in [-0.1, -0.05) is 42.5 Å². The molecule has 0 spiro atoms. The minimum atomic E-state index is -0.303. The number of hydrogen-bond donors (Lipinski definition) is 0. The molecule has 0 radical (unpaired) electrons. The van der Waals surface area contributed by atoms with E-state index in [2.05, 4.69) is 29.2 Å². The Morgan fingerprint density at radius 1 is 0.964 bits per heavy atom. The molecule has 146 valence electrons. The Bertz CT molecular complexity index is 827. The summed E-state index contributed by atoms with van der Waals surface area (Å²) >= 11 is 0. The molecule has 0 saturated carbocycles. The van der Waals surface area contributed by atoms with Gasteiger partial charge in [-0.05, 0) is 55.1 Å². The van der Waals surface area contributed by atoms with Crippen LogP contribution >= 0.6 is 0 Å². The summed E-state index contributed by atoms with van der Waals surface area (Å²) in [6, 6.07) is 17.8. The summed E-state index contributed by atoms with van der Waals surface area (Å²) in [4.78, 5) is 29.1. The standard InChI is InChI=1S/C23H26N2O3/c1-28-20-9-7-17(8-10-20)16-25-22(26)15-21(23(25)27)24-13-11-19(12-14-24)18-5-3-2-4-6-18/h2-10,19,21H,11-16H2,1H3/t21-/m0/s1. The average molecular weight is 378 g/mol. The molecular formula is C23H26N2O3. The van der Waals surface area contributed by atoms with Crippen LogP contribution in [-0.2, 0) is 16.1 Å². The highest BCUT2D eigenvalue weighted by Gasteiger charge is 2.42. The van der Waals surface area contributed by atoms with E-state index in [0.29, 0.717) is 18.9 Å². The van der Waals surface area contributed by atoms with Crippen molar-refractivity contribution in [1.82, 2.24) is 9.80 Å². The van der Waals surface area contributed by atoms with Crippen molar-refractivity contribution in [3.05, 3.63) is 65.7 Å². The van der Waals surface area contributed by atoms with Gasteiger partial charge in [0, 0.05) is 0 Å². The minimum absolute atomic E-state index is 0.0565. The van der Waals surface area contributed by atoms with Crippen molar-refractivity contribution in [2.75, 3.05) is 20.2 Å². The van der Waals surface area contributed by atoms with E-state index in [9.17, 15) is 9.59 Å². The number of benzene rings is 2. The number of methoxy groups -OCH3 is 1. The topological polar surface area (TPSA) is 49.9 Å². The highest BCUT2D eigenvalue weighted by Crippen LogP contribution is 2.31. The van der Waals surface area contributed by atoms with Crippen LogP contribution in [-0.4, -0.2) is 47.9 Å². The molecule has 0 bridgehead atoms. The maximum absolute atomic E-state index is 12.9. The lowest BCUT2D eigenvalue weighted by atomic mass is 9.89. The lowest BCUT2D eigenvalue weighted by Gasteiger charge is -2.35. The van der Waals surface area contributed by atoms with Gasteiger partial charge >= 0.3 is 0 Å². The van der Waals surface area contributed by atoms with Crippen LogP contribution < -0.4 is 4.74 Å². The molecule has 2 aromatic rings. The lowest BCUT2D eigenvalue weighted by molar-refractivity contribution is -0.140. The third kappa shape index (κ3) is 3.80. The maximum Gasteiger partial charge on any atom is 0.247 e. The molecule has 0 aliphatic carbocycles. The Balaban J connectivity index is 1.37. The van der Waals surface area contributed by atoms with Gasteiger partial charge in [-0.25, -0.2) is 0 Å². The number of ether oxygens (including phenoxy) is 1. The molecule has 2 saturated heterocycles. The summed E-state index contributed by atoms with van der Waals surface area (Å²) in [5, 5.41) is 0. The molecular weight excluding hydrogens is 352 g/mol. The molecule has 2 heterocycles. The van der Waals surface area contributed by atoms with E-state index in [1.165, 1.54) is 10.5 Å². The molecule has 2 amide bonds. The number of piperidine rings is 1. The van der Waals surface area contributed by atoms with Crippen LogP contribution in [0.1, 0.15) is 36.3 Å². The average Bonchev–Trinajstić information content (AvgIpc) is 3.03. The number of rotatable bonds is 5. The Morgan fingerprint density at radius 3 is 2.29 bits per heavy atom. The van der Waals surface area contributed by atoms with Gasteiger partial charge < -0.3 is 4.74 Å². The molecule has 4 rings (SSSR count). The van der Waals surface area contributed by atoms with Gasteiger partial charge in [0.2, 0.25) is 11.8 Å². The summed E-state index contributed by atoms with van der Waals surface area (Å²) in [7, 11) is 1.62. The van der Waals surface area contributed by atoms with Gasteiger partial charge in [-0.3, -0.25) is 19.4 Å². The number of hydrogen-bond acceptors (Lipinski definition) is 4. The third-order valence-electron chi connectivity index (χ3n) is 5.96. The second-order valence-electron chi connectivity index (χ2n) is 7.61. The first kappa shape index (κ1) is 18.7. The predicted molar refractivity (Wildman–Crippen MR) is 107 cm³/mol. The highest BCUT2D eigenvalue weighted by atomic mass is 16.5. The van der Waals surface area contributed by atoms with E-state index >= 15 is 0 Å². The number of carbonyl (C=O) groups excluding carboxylic acids is 2. The molecule has 2 fully saturated rings. The largest absolute Gasteiger partial charge is 0.497 e. The van der Waals surface area contributed by atoms with Crippen LogP contribution in [0.3, 0.4) is 0 Å². The first-order chi connectivity index (χ1) is 13.7. The molecule has 1 atom stereocenters. The van der Waals surface area contributed by atoms with Gasteiger partial charge in [0.1, 0.15) is 5.75 Å². The van der Waals surface area contributed by atoms with E-state index in [0.717, 1.165) is 37.2 Å². The first-order valence-corrected chi connectivity index (χ1v) is 9.92. The lowest BCUT2D eigenvalue weighted by Crippen LogP contribution is -2.45. The van der Waals surface area contributed by atoms with Crippen molar-refractivity contribution in [3.8, 4) is 5.75 Å². The zero-order chi connectivity index (χ0) is 19.5. The van der Waals surface area contributed by atoms with E-state index < -0.39 is 0 Å². The second kappa shape index (κ2) is 8.15. The Kier molecular flexibility index (Phi) is 5.44. The van der Waals surface area contributed by atoms with Crippen LogP contribution in [0.15, 0.2) is 54.6 Å². The van der Waals surface area contributed by atoms with Crippen LogP contribution in [0.2, 0.25) is 0 Å². The zero-order valence-corrected chi connectivity index (χ0v) is 16.2. The first-order valence-electron chi connectivity index (χ1n) is 9.92.